The standard InChI is InChI=1S/2C25H31N3O2S2/c1-18-6-7-19(2)22(16-18)23-17-31-24(26-23)27-12-14-28(15-13-27)32(29,30)21-10-8-20(9-11-21)25(3,4)5;1-18-7-6-8-22(19(18)2)23-17-31-24(26-23)27-13-15-28(16-14-27)32(29,30)21-11-9-20(10-12-21)25(3,4)5/h6-11,16-17H,12-15H2,1-5H3;6-12,17H,13-16H2,1-5H3. The van der Waals surface area contributed by atoms with Crippen LogP contribution in [0.25, 0.3) is 22.5 Å². The van der Waals surface area contributed by atoms with Gasteiger partial charge in [0.25, 0.3) is 0 Å². The fraction of sp³-hybridized carbons (Fsp3) is 0.400. The lowest BCUT2D eigenvalue weighted by molar-refractivity contribution is 0.384. The number of aromatic nitrogens is 2. The summed E-state index contributed by atoms with van der Waals surface area (Å²) in [5.74, 6) is 0. The minimum atomic E-state index is -3.49. The predicted octanol–water partition coefficient (Wildman–Crippen LogP) is 10.5. The van der Waals surface area contributed by atoms with Crippen molar-refractivity contribution in [3.8, 4) is 22.5 Å². The number of hydrogen-bond acceptors (Lipinski definition) is 10. The van der Waals surface area contributed by atoms with Gasteiger partial charge in [-0.3, -0.25) is 0 Å². The molecule has 0 N–H and O–H groups in total. The van der Waals surface area contributed by atoms with E-state index in [1.807, 2.05) is 24.3 Å². The Balaban J connectivity index is 0.000000191. The van der Waals surface area contributed by atoms with Crippen LogP contribution in [0.1, 0.15) is 74.9 Å². The average molecular weight is 939 g/mol. The third-order valence-corrected chi connectivity index (χ3v) is 17.9. The molecule has 340 valence electrons. The summed E-state index contributed by atoms with van der Waals surface area (Å²) >= 11 is 3.24. The van der Waals surface area contributed by atoms with Crippen LogP contribution >= 0.6 is 22.7 Å². The van der Waals surface area contributed by atoms with E-state index >= 15 is 0 Å². The van der Waals surface area contributed by atoms with Gasteiger partial charge in [0, 0.05) is 74.2 Å². The lowest BCUT2D eigenvalue weighted by Gasteiger charge is -2.33. The maximum Gasteiger partial charge on any atom is 0.243 e. The molecule has 10 nitrogen and oxygen atoms in total. The molecule has 0 amide bonds. The summed E-state index contributed by atoms with van der Waals surface area (Å²) in [5.41, 5.74) is 11.5. The van der Waals surface area contributed by atoms with Crippen molar-refractivity contribution in [3.05, 3.63) is 129 Å². The summed E-state index contributed by atoms with van der Waals surface area (Å²) in [4.78, 5) is 14.8. The van der Waals surface area contributed by atoms with E-state index in [1.165, 1.54) is 22.3 Å². The average Bonchev–Trinajstić information content (AvgIpc) is 3.97. The van der Waals surface area contributed by atoms with Gasteiger partial charge >= 0.3 is 0 Å². The zero-order valence-electron chi connectivity index (χ0n) is 38.8. The van der Waals surface area contributed by atoms with Gasteiger partial charge in [-0.15, -0.1) is 22.7 Å². The first-order chi connectivity index (χ1) is 30.1. The van der Waals surface area contributed by atoms with E-state index in [0.717, 1.165) is 43.9 Å². The number of piperazine rings is 2. The molecule has 8 rings (SSSR count). The molecular weight excluding hydrogens is 877 g/mol. The van der Waals surface area contributed by atoms with Gasteiger partial charge in [-0.1, -0.05) is 102 Å². The van der Waals surface area contributed by atoms with Crippen molar-refractivity contribution < 1.29 is 16.8 Å². The van der Waals surface area contributed by atoms with Crippen molar-refractivity contribution >= 4 is 53.0 Å². The van der Waals surface area contributed by atoms with Crippen molar-refractivity contribution in [3.63, 3.8) is 0 Å². The summed E-state index contributed by atoms with van der Waals surface area (Å²) in [5, 5.41) is 6.09. The van der Waals surface area contributed by atoms with Gasteiger partial charge in [-0.05, 0) is 96.7 Å². The van der Waals surface area contributed by atoms with E-state index in [0.29, 0.717) is 62.1 Å². The van der Waals surface area contributed by atoms with Crippen LogP contribution in [0, 0.1) is 27.7 Å². The molecule has 2 aliphatic rings. The molecule has 4 aromatic carbocycles. The van der Waals surface area contributed by atoms with Crippen LogP contribution in [0.2, 0.25) is 0 Å². The van der Waals surface area contributed by atoms with E-state index in [9.17, 15) is 16.8 Å². The van der Waals surface area contributed by atoms with Crippen molar-refractivity contribution in [1.82, 2.24) is 18.6 Å². The maximum atomic E-state index is 13.1. The number of rotatable bonds is 8. The first kappa shape index (κ1) is 47.5. The van der Waals surface area contributed by atoms with E-state index < -0.39 is 20.0 Å². The molecule has 2 aliphatic heterocycles. The second-order valence-corrected chi connectivity index (χ2v) is 24.5. The molecule has 0 bridgehead atoms. The van der Waals surface area contributed by atoms with Gasteiger partial charge in [0.2, 0.25) is 20.0 Å². The monoisotopic (exact) mass is 938 g/mol. The zero-order chi connectivity index (χ0) is 46.2. The molecule has 2 aromatic heterocycles. The Morgan fingerprint density at radius 3 is 1.34 bits per heavy atom. The number of hydrogen-bond donors (Lipinski definition) is 0. The molecule has 0 spiro atoms. The van der Waals surface area contributed by atoms with Crippen LogP contribution in [0.4, 0.5) is 10.3 Å². The Morgan fingerprint density at radius 1 is 0.500 bits per heavy atom. The fourth-order valence-electron chi connectivity index (χ4n) is 7.90. The van der Waals surface area contributed by atoms with Crippen LogP contribution in [0.3, 0.4) is 0 Å². The number of anilines is 2. The summed E-state index contributed by atoms with van der Waals surface area (Å²) < 4.78 is 55.8. The molecule has 6 aromatic rings. The van der Waals surface area contributed by atoms with Gasteiger partial charge in [-0.25, -0.2) is 26.8 Å². The second kappa shape index (κ2) is 18.8. The highest BCUT2D eigenvalue weighted by atomic mass is 32.2. The summed E-state index contributed by atoms with van der Waals surface area (Å²) in [7, 11) is -6.98. The molecule has 0 aliphatic carbocycles. The number of nitrogens with zero attached hydrogens (tertiary/aromatic N) is 6. The Labute approximate surface area is 389 Å². The van der Waals surface area contributed by atoms with Crippen molar-refractivity contribution in [2.75, 3.05) is 62.2 Å². The second-order valence-electron chi connectivity index (χ2n) is 18.9. The third kappa shape index (κ3) is 10.5. The highest BCUT2D eigenvalue weighted by molar-refractivity contribution is 7.89. The Kier molecular flexibility index (Phi) is 14.0. The lowest BCUT2D eigenvalue weighted by atomic mass is 9.87. The fourth-order valence-corrected chi connectivity index (χ4v) is 12.5. The normalized spacial score (nSPS) is 15.8. The number of benzene rings is 4. The Bertz CT molecular complexity index is 2640. The number of sulfonamides is 2. The minimum absolute atomic E-state index is 0.00251. The van der Waals surface area contributed by atoms with Crippen molar-refractivity contribution in [2.45, 2.75) is 89.9 Å². The third-order valence-electron chi connectivity index (χ3n) is 12.3. The molecule has 64 heavy (non-hydrogen) atoms. The quantitative estimate of drug-likeness (QED) is 0.149. The SMILES string of the molecule is Cc1ccc(C)c(-c2csc(N3CCN(S(=O)(=O)c4ccc(C(C)(C)C)cc4)CC3)n2)c1.Cc1cccc(-c2csc(N3CCN(S(=O)(=O)c4ccc(C(C)(C)C)cc4)CC3)n2)c1C. The van der Waals surface area contributed by atoms with Crippen molar-refractivity contribution in [2.24, 2.45) is 0 Å². The van der Waals surface area contributed by atoms with Gasteiger partial charge < -0.3 is 9.80 Å². The number of aryl methyl sites for hydroxylation is 3. The van der Waals surface area contributed by atoms with E-state index in [4.69, 9.17) is 9.97 Å². The maximum absolute atomic E-state index is 13.1. The van der Waals surface area contributed by atoms with E-state index in [2.05, 4.69) is 126 Å². The Morgan fingerprint density at radius 2 is 0.922 bits per heavy atom. The predicted molar refractivity (Wildman–Crippen MR) is 266 cm³/mol. The molecule has 4 heterocycles. The molecule has 0 atom stereocenters. The largest absolute Gasteiger partial charge is 0.345 e. The van der Waals surface area contributed by atoms with Gasteiger partial charge in [0.1, 0.15) is 0 Å². The Hall–Kier alpha value is -4.44. The number of thiazole rings is 2. The highest BCUT2D eigenvalue weighted by Gasteiger charge is 2.32. The summed E-state index contributed by atoms with van der Waals surface area (Å²) in [6.07, 6.45) is 0. The van der Waals surface area contributed by atoms with Crippen LogP contribution in [0.5, 0.6) is 0 Å². The van der Waals surface area contributed by atoms with E-state index in [-0.39, 0.29) is 10.8 Å². The molecule has 2 fully saturated rings. The topological polar surface area (TPSA) is 107 Å². The first-order valence-electron chi connectivity index (χ1n) is 21.9. The molecule has 2 saturated heterocycles. The van der Waals surface area contributed by atoms with Gasteiger partial charge in [0.15, 0.2) is 10.3 Å². The van der Waals surface area contributed by atoms with Crippen LogP contribution in [-0.4, -0.2) is 87.8 Å². The minimum Gasteiger partial charge on any atom is -0.345 e. The molecule has 14 heteroatoms. The van der Waals surface area contributed by atoms with Gasteiger partial charge in [0.05, 0.1) is 21.2 Å². The van der Waals surface area contributed by atoms with E-state index in [1.54, 1.807) is 55.5 Å². The molecular formula is C50H62N6O4S4. The first-order valence-corrected chi connectivity index (χ1v) is 26.5. The summed E-state index contributed by atoms with van der Waals surface area (Å²) in [6.45, 7) is 25.6. The zero-order valence-corrected chi connectivity index (χ0v) is 42.1. The highest BCUT2D eigenvalue weighted by Crippen LogP contribution is 2.34. The smallest absolute Gasteiger partial charge is 0.243 e. The van der Waals surface area contributed by atoms with Crippen molar-refractivity contribution in [1.29, 1.82) is 0 Å². The van der Waals surface area contributed by atoms with Crippen LogP contribution < -0.4 is 9.80 Å². The molecule has 0 radical (unpaired) electrons. The summed E-state index contributed by atoms with van der Waals surface area (Å²) in [6, 6.07) is 27.3. The molecule has 0 saturated carbocycles. The lowest BCUT2D eigenvalue weighted by Crippen LogP contribution is -2.48. The molecule has 0 unspecified atom stereocenters. The van der Waals surface area contributed by atoms with Gasteiger partial charge in [-0.2, -0.15) is 8.61 Å². The van der Waals surface area contributed by atoms with Crippen LogP contribution in [-0.2, 0) is 30.9 Å². The van der Waals surface area contributed by atoms with Crippen LogP contribution in [0.15, 0.2) is 105 Å².